The fourth-order valence-corrected chi connectivity index (χ4v) is 5.75. The number of rotatable bonds is 8. The average Bonchev–Trinajstić information content (AvgIpc) is 2.72. The van der Waals surface area contributed by atoms with Crippen LogP contribution in [0.4, 0.5) is 11.4 Å². The van der Waals surface area contributed by atoms with Gasteiger partial charge in [0.25, 0.3) is 10.0 Å². The van der Waals surface area contributed by atoms with Crippen molar-refractivity contribution in [3.63, 3.8) is 0 Å². The second kappa shape index (κ2) is 8.85. The summed E-state index contributed by atoms with van der Waals surface area (Å²) < 4.78 is 60.3. The first kappa shape index (κ1) is 22.4. The fraction of sp³-hybridized carbons (Fsp3) is 0.429. The van der Waals surface area contributed by atoms with Crippen LogP contribution >= 0.6 is 0 Å². The Kier molecular flexibility index (Phi) is 6.62. The fourth-order valence-electron chi connectivity index (χ4n) is 3.43. The van der Waals surface area contributed by atoms with Crippen molar-refractivity contribution in [2.45, 2.75) is 44.9 Å². The Morgan fingerprint density at radius 1 is 1.07 bits per heavy atom. The van der Waals surface area contributed by atoms with Crippen LogP contribution in [0.3, 0.4) is 0 Å². The monoisotopic (exact) mass is 452 g/mol. The first-order chi connectivity index (χ1) is 14.2. The molecule has 0 radical (unpaired) electrons. The van der Waals surface area contributed by atoms with Crippen molar-refractivity contribution in [1.82, 2.24) is 0 Å². The molecular weight excluding hydrogens is 424 g/mol. The molecule has 0 bridgehead atoms. The number of ether oxygens (including phenoxy) is 1. The summed E-state index contributed by atoms with van der Waals surface area (Å²) in [5.41, 5.74) is 2.50. The molecule has 2 aromatic rings. The molecule has 9 heteroatoms. The molecule has 0 spiro atoms. The van der Waals surface area contributed by atoms with Gasteiger partial charge in [-0.25, -0.2) is 16.8 Å². The second-order valence-corrected chi connectivity index (χ2v) is 11.2. The number of nitrogens with zero attached hydrogens (tertiary/aromatic N) is 1. The molecule has 7 nitrogen and oxygen atoms in total. The van der Waals surface area contributed by atoms with Crippen LogP contribution in [0.1, 0.15) is 37.8 Å². The highest BCUT2D eigenvalue weighted by atomic mass is 32.2. The topological polar surface area (TPSA) is 92.8 Å². The van der Waals surface area contributed by atoms with E-state index in [-0.39, 0.29) is 10.6 Å². The number of hydrogen-bond acceptors (Lipinski definition) is 5. The van der Waals surface area contributed by atoms with Gasteiger partial charge in [-0.2, -0.15) is 0 Å². The summed E-state index contributed by atoms with van der Waals surface area (Å²) in [6.45, 7) is 6.38. The van der Waals surface area contributed by atoms with E-state index in [1.807, 2.05) is 6.92 Å². The average molecular weight is 453 g/mol. The third kappa shape index (κ3) is 4.73. The first-order valence-corrected chi connectivity index (χ1v) is 13.2. The maximum Gasteiger partial charge on any atom is 0.261 e. The Labute approximate surface area is 179 Å². The van der Waals surface area contributed by atoms with Gasteiger partial charge in [0.1, 0.15) is 5.75 Å². The minimum Gasteiger partial charge on any atom is -0.493 e. The van der Waals surface area contributed by atoms with Gasteiger partial charge >= 0.3 is 0 Å². The van der Waals surface area contributed by atoms with E-state index in [0.717, 1.165) is 30.4 Å². The van der Waals surface area contributed by atoms with Gasteiger partial charge in [-0.05, 0) is 74.6 Å². The summed E-state index contributed by atoms with van der Waals surface area (Å²) in [6.07, 6.45) is 2.36. The molecule has 3 rings (SSSR count). The lowest BCUT2D eigenvalue weighted by molar-refractivity contribution is 0.315. The molecule has 0 fully saturated rings. The summed E-state index contributed by atoms with van der Waals surface area (Å²) in [5.74, 6) is 0.652. The molecule has 0 saturated carbocycles. The molecule has 164 valence electrons. The van der Waals surface area contributed by atoms with E-state index < -0.39 is 20.0 Å². The van der Waals surface area contributed by atoms with Crippen molar-refractivity contribution in [2.75, 3.05) is 27.9 Å². The SMILES string of the molecule is CCCOc1ccc(S(=O)(=O)Nc2ccc3c(c2)N(S(=O)(=O)CC)CCC3)cc1C. The molecule has 1 aliphatic heterocycles. The third-order valence-electron chi connectivity index (χ3n) is 5.03. The van der Waals surface area contributed by atoms with E-state index in [1.165, 1.54) is 10.4 Å². The molecule has 2 aromatic carbocycles. The van der Waals surface area contributed by atoms with Gasteiger partial charge in [0, 0.05) is 6.54 Å². The zero-order valence-corrected chi connectivity index (χ0v) is 19.1. The standard InChI is InChI=1S/C21H28N2O5S2/c1-4-13-28-21-11-10-19(14-16(21)3)30(26,27)22-18-9-8-17-7-6-12-23(20(17)15-18)29(24,25)5-2/h8-11,14-15,22H,4-7,12-13H2,1-3H3. The van der Waals surface area contributed by atoms with Crippen LogP contribution < -0.4 is 13.8 Å². The maximum atomic E-state index is 12.9. The Morgan fingerprint density at radius 3 is 2.50 bits per heavy atom. The van der Waals surface area contributed by atoms with Crippen molar-refractivity contribution in [2.24, 2.45) is 0 Å². The number of hydrogen-bond donors (Lipinski definition) is 1. The Bertz CT molecular complexity index is 1130. The molecule has 0 atom stereocenters. The summed E-state index contributed by atoms with van der Waals surface area (Å²) in [6, 6.07) is 9.79. The lowest BCUT2D eigenvalue weighted by Crippen LogP contribution is -2.36. The number of anilines is 2. The molecule has 0 aromatic heterocycles. The highest BCUT2D eigenvalue weighted by Gasteiger charge is 2.27. The number of fused-ring (bicyclic) bond motifs is 1. The highest BCUT2D eigenvalue weighted by Crippen LogP contribution is 2.33. The van der Waals surface area contributed by atoms with Crippen LogP contribution in [-0.2, 0) is 26.5 Å². The normalized spacial score (nSPS) is 14.3. The number of benzene rings is 2. The van der Waals surface area contributed by atoms with Crippen LogP contribution in [0.5, 0.6) is 5.75 Å². The minimum atomic E-state index is -3.83. The van der Waals surface area contributed by atoms with Crippen molar-refractivity contribution in [3.05, 3.63) is 47.5 Å². The highest BCUT2D eigenvalue weighted by molar-refractivity contribution is 7.93. The molecule has 1 N–H and O–H groups in total. The van der Waals surface area contributed by atoms with E-state index in [9.17, 15) is 16.8 Å². The molecule has 1 heterocycles. The summed E-state index contributed by atoms with van der Waals surface area (Å²) in [7, 11) is -7.25. The van der Waals surface area contributed by atoms with Crippen molar-refractivity contribution in [3.8, 4) is 5.75 Å². The van der Waals surface area contributed by atoms with Crippen LogP contribution in [0.25, 0.3) is 0 Å². The lowest BCUT2D eigenvalue weighted by atomic mass is 10.0. The lowest BCUT2D eigenvalue weighted by Gasteiger charge is -2.30. The zero-order valence-electron chi connectivity index (χ0n) is 17.5. The quantitative estimate of drug-likeness (QED) is 0.659. The smallest absolute Gasteiger partial charge is 0.261 e. The van der Waals surface area contributed by atoms with Crippen LogP contribution in [0, 0.1) is 6.92 Å². The van der Waals surface area contributed by atoms with E-state index in [2.05, 4.69) is 4.72 Å². The summed E-state index contributed by atoms with van der Waals surface area (Å²) in [4.78, 5) is 0.125. The van der Waals surface area contributed by atoms with E-state index in [4.69, 9.17) is 4.74 Å². The number of aryl methyl sites for hydroxylation is 2. The van der Waals surface area contributed by atoms with E-state index in [1.54, 1.807) is 44.2 Å². The molecule has 0 saturated heterocycles. The number of nitrogens with one attached hydrogen (secondary N) is 1. The zero-order chi connectivity index (χ0) is 21.9. The van der Waals surface area contributed by atoms with Gasteiger partial charge in [-0.15, -0.1) is 0 Å². The molecule has 0 unspecified atom stereocenters. The van der Waals surface area contributed by atoms with Gasteiger partial charge in [0.2, 0.25) is 10.0 Å². The van der Waals surface area contributed by atoms with Crippen molar-refractivity contribution < 1.29 is 21.6 Å². The van der Waals surface area contributed by atoms with Crippen LogP contribution in [-0.4, -0.2) is 35.7 Å². The van der Waals surface area contributed by atoms with Gasteiger partial charge in [-0.3, -0.25) is 9.03 Å². The molecule has 30 heavy (non-hydrogen) atoms. The third-order valence-corrected chi connectivity index (χ3v) is 8.19. The van der Waals surface area contributed by atoms with E-state index in [0.29, 0.717) is 30.3 Å². The van der Waals surface area contributed by atoms with Gasteiger partial charge in [0.05, 0.1) is 28.6 Å². The van der Waals surface area contributed by atoms with Gasteiger partial charge < -0.3 is 4.74 Å². The minimum absolute atomic E-state index is 0.00583. The predicted molar refractivity (Wildman–Crippen MR) is 119 cm³/mol. The molecule has 0 amide bonds. The van der Waals surface area contributed by atoms with E-state index >= 15 is 0 Å². The van der Waals surface area contributed by atoms with Crippen molar-refractivity contribution >= 4 is 31.4 Å². The molecule has 1 aliphatic rings. The second-order valence-electron chi connectivity index (χ2n) is 7.30. The first-order valence-electron chi connectivity index (χ1n) is 10.1. The summed E-state index contributed by atoms with van der Waals surface area (Å²) in [5, 5.41) is 0. The number of sulfonamides is 2. The van der Waals surface area contributed by atoms with Crippen molar-refractivity contribution in [1.29, 1.82) is 0 Å². The predicted octanol–water partition coefficient (Wildman–Crippen LogP) is 3.69. The largest absolute Gasteiger partial charge is 0.493 e. The summed E-state index contributed by atoms with van der Waals surface area (Å²) >= 11 is 0. The Balaban J connectivity index is 1.89. The van der Waals surface area contributed by atoms with Gasteiger partial charge in [-0.1, -0.05) is 13.0 Å². The maximum absolute atomic E-state index is 12.9. The Hall–Kier alpha value is -2.26. The van der Waals surface area contributed by atoms with Crippen LogP contribution in [0.2, 0.25) is 0 Å². The van der Waals surface area contributed by atoms with Gasteiger partial charge in [0.15, 0.2) is 0 Å². The van der Waals surface area contributed by atoms with Crippen LogP contribution in [0.15, 0.2) is 41.3 Å². The molecule has 0 aliphatic carbocycles. The Morgan fingerprint density at radius 2 is 1.83 bits per heavy atom. The molecular formula is C21H28N2O5S2.